The van der Waals surface area contributed by atoms with Gasteiger partial charge >= 0.3 is 6.18 Å². The van der Waals surface area contributed by atoms with Crippen molar-refractivity contribution in [3.63, 3.8) is 0 Å². The Bertz CT molecular complexity index is 723. The number of amides is 1. The molecule has 5 nitrogen and oxygen atoms in total. The number of carbonyl (C=O) groups is 1. The van der Waals surface area contributed by atoms with Gasteiger partial charge in [-0.15, -0.1) is 0 Å². The molecule has 1 aliphatic rings. The van der Waals surface area contributed by atoms with Crippen LogP contribution in [0.5, 0.6) is 0 Å². The zero-order valence-electron chi connectivity index (χ0n) is 13.3. The summed E-state index contributed by atoms with van der Waals surface area (Å²) in [6.07, 6.45) is 3.00. The number of benzene rings is 1. The maximum Gasteiger partial charge on any atom is 0.416 e. The highest BCUT2D eigenvalue weighted by Gasteiger charge is 2.30. The van der Waals surface area contributed by atoms with Crippen molar-refractivity contribution in [2.75, 3.05) is 10.6 Å². The summed E-state index contributed by atoms with van der Waals surface area (Å²) in [5.74, 6) is 0.0812. The maximum absolute atomic E-state index is 12.5. The predicted molar refractivity (Wildman–Crippen MR) is 87.3 cm³/mol. The minimum atomic E-state index is -4.41. The molecule has 2 N–H and O–H groups in total. The summed E-state index contributed by atoms with van der Waals surface area (Å²) in [6.45, 7) is 0. The number of nitrogens with zero attached hydrogens (tertiary/aromatic N) is 2. The lowest BCUT2D eigenvalue weighted by Crippen LogP contribution is -2.17. The summed E-state index contributed by atoms with van der Waals surface area (Å²) in [5.41, 5.74) is -0.419. The predicted octanol–water partition coefficient (Wildman–Crippen LogP) is 4.10. The Balaban J connectivity index is 1.60. The molecule has 2 aromatic rings. The van der Waals surface area contributed by atoms with Crippen molar-refractivity contribution in [3.8, 4) is 0 Å². The first-order valence-corrected chi connectivity index (χ1v) is 7.99. The Morgan fingerprint density at radius 3 is 2.28 bits per heavy atom. The van der Waals surface area contributed by atoms with Crippen LogP contribution in [0, 0.1) is 0 Å². The normalized spacial score (nSPS) is 15.2. The van der Waals surface area contributed by atoms with Crippen molar-refractivity contribution >= 4 is 17.4 Å². The van der Waals surface area contributed by atoms with Crippen molar-refractivity contribution < 1.29 is 18.0 Å². The van der Waals surface area contributed by atoms with E-state index in [4.69, 9.17) is 0 Å². The molecule has 0 saturated heterocycles. The number of hydrogen-bond donors (Lipinski definition) is 2. The molecule has 132 valence electrons. The fourth-order valence-electron chi connectivity index (χ4n) is 2.74. The van der Waals surface area contributed by atoms with Crippen LogP contribution in [-0.4, -0.2) is 21.9 Å². The smallest absolute Gasteiger partial charge is 0.366 e. The number of anilines is 2. The van der Waals surface area contributed by atoms with Gasteiger partial charge in [0.25, 0.3) is 5.91 Å². The largest absolute Gasteiger partial charge is 0.416 e. The van der Waals surface area contributed by atoms with Crippen molar-refractivity contribution in [1.29, 1.82) is 0 Å². The molecule has 1 aromatic heterocycles. The van der Waals surface area contributed by atoms with E-state index in [9.17, 15) is 18.0 Å². The molecule has 1 aliphatic carbocycles. The van der Waals surface area contributed by atoms with Crippen LogP contribution < -0.4 is 10.6 Å². The van der Waals surface area contributed by atoms with E-state index in [0.29, 0.717) is 11.9 Å². The average molecular weight is 350 g/mol. The molecule has 0 bridgehead atoms. The fourth-order valence-corrected chi connectivity index (χ4v) is 2.74. The molecule has 0 radical (unpaired) electrons. The van der Waals surface area contributed by atoms with Crippen molar-refractivity contribution in [1.82, 2.24) is 9.97 Å². The first kappa shape index (κ1) is 17.2. The summed E-state index contributed by atoms with van der Waals surface area (Å²) in [6, 6.07) is 4.61. The van der Waals surface area contributed by atoms with E-state index >= 15 is 0 Å². The number of aromatic nitrogens is 2. The van der Waals surface area contributed by atoms with Gasteiger partial charge < -0.3 is 10.6 Å². The third-order valence-electron chi connectivity index (χ3n) is 4.06. The average Bonchev–Trinajstić information content (AvgIpc) is 3.08. The molecule has 0 aliphatic heterocycles. The molecule has 3 rings (SSSR count). The minimum absolute atomic E-state index is 0.0943. The van der Waals surface area contributed by atoms with Crippen LogP contribution in [0.2, 0.25) is 0 Å². The lowest BCUT2D eigenvalue weighted by Gasteiger charge is -2.12. The maximum atomic E-state index is 12.5. The van der Waals surface area contributed by atoms with Crippen molar-refractivity contribution in [3.05, 3.63) is 47.9 Å². The number of halogens is 3. The van der Waals surface area contributed by atoms with Gasteiger partial charge in [0.2, 0.25) is 0 Å². The van der Waals surface area contributed by atoms with Crippen LogP contribution in [0.25, 0.3) is 0 Å². The second-order valence-electron chi connectivity index (χ2n) is 5.94. The zero-order valence-corrected chi connectivity index (χ0v) is 13.3. The first-order chi connectivity index (χ1) is 11.9. The van der Waals surface area contributed by atoms with E-state index in [-0.39, 0.29) is 11.4 Å². The van der Waals surface area contributed by atoms with Crippen LogP contribution in [0.3, 0.4) is 0 Å². The van der Waals surface area contributed by atoms with Gasteiger partial charge in [0.1, 0.15) is 11.5 Å². The molecule has 0 unspecified atom stereocenters. The summed E-state index contributed by atoms with van der Waals surface area (Å²) < 4.78 is 37.6. The van der Waals surface area contributed by atoms with E-state index in [1.54, 1.807) is 0 Å². The third-order valence-corrected chi connectivity index (χ3v) is 4.06. The fraction of sp³-hybridized carbons (Fsp3) is 0.353. The topological polar surface area (TPSA) is 66.9 Å². The molecule has 0 spiro atoms. The Kier molecular flexibility index (Phi) is 4.87. The van der Waals surface area contributed by atoms with Crippen LogP contribution in [0.4, 0.5) is 24.7 Å². The van der Waals surface area contributed by atoms with Crippen molar-refractivity contribution in [2.24, 2.45) is 0 Å². The molecule has 25 heavy (non-hydrogen) atoms. The molecule has 8 heteroatoms. The highest BCUT2D eigenvalue weighted by atomic mass is 19.4. The van der Waals surface area contributed by atoms with Gasteiger partial charge in [0.05, 0.1) is 18.0 Å². The molecular formula is C17H17F3N4O. The van der Waals surface area contributed by atoms with Gasteiger partial charge in [0.15, 0.2) is 0 Å². The van der Waals surface area contributed by atoms with Gasteiger partial charge in [-0.25, -0.2) is 9.97 Å². The third kappa shape index (κ3) is 4.46. The van der Waals surface area contributed by atoms with Gasteiger partial charge in [-0.3, -0.25) is 4.79 Å². The molecular weight excluding hydrogens is 333 g/mol. The number of rotatable bonds is 4. The van der Waals surface area contributed by atoms with Crippen molar-refractivity contribution in [2.45, 2.75) is 37.9 Å². The van der Waals surface area contributed by atoms with Crippen LogP contribution in [-0.2, 0) is 6.18 Å². The number of alkyl halides is 3. The molecule has 0 atom stereocenters. The summed E-state index contributed by atoms with van der Waals surface area (Å²) >= 11 is 0. The highest BCUT2D eigenvalue weighted by molar-refractivity contribution is 6.02. The van der Waals surface area contributed by atoms with Gasteiger partial charge in [-0.05, 0) is 37.1 Å². The Labute approximate surface area is 142 Å². The van der Waals surface area contributed by atoms with E-state index in [0.717, 1.165) is 25.0 Å². The Morgan fingerprint density at radius 1 is 1.04 bits per heavy atom. The second-order valence-corrected chi connectivity index (χ2v) is 5.94. The van der Waals surface area contributed by atoms with Gasteiger partial charge in [0, 0.05) is 11.7 Å². The standard InChI is InChI=1S/C17H17F3N4O/c18-17(19,20)11-5-7-13(8-6-11)24-16(25)14-9-22-15(10-21-14)23-12-3-1-2-4-12/h5-10,12H,1-4H2,(H,22,23)(H,24,25). The lowest BCUT2D eigenvalue weighted by molar-refractivity contribution is -0.137. The molecule has 1 aromatic carbocycles. The quantitative estimate of drug-likeness (QED) is 0.871. The van der Waals surface area contributed by atoms with E-state index in [2.05, 4.69) is 20.6 Å². The van der Waals surface area contributed by atoms with Gasteiger partial charge in [-0.2, -0.15) is 13.2 Å². The molecule has 1 heterocycles. The SMILES string of the molecule is O=C(Nc1ccc(C(F)(F)F)cc1)c1cnc(NC2CCCC2)cn1. The molecule has 1 saturated carbocycles. The summed E-state index contributed by atoms with van der Waals surface area (Å²) in [4.78, 5) is 20.3. The van der Waals surface area contributed by atoms with Gasteiger partial charge in [-0.1, -0.05) is 12.8 Å². The molecule has 1 fully saturated rings. The van der Waals surface area contributed by atoms with Crippen LogP contribution in [0.1, 0.15) is 41.7 Å². The monoisotopic (exact) mass is 350 g/mol. The number of carbonyl (C=O) groups excluding carboxylic acids is 1. The summed E-state index contributed by atoms with van der Waals surface area (Å²) in [5, 5.41) is 5.77. The minimum Gasteiger partial charge on any atom is -0.366 e. The number of nitrogens with one attached hydrogen (secondary N) is 2. The molecule has 1 amide bonds. The zero-order chi connectivity index (χ0) is 17.9. The Morgan fingerprint density at radius 2 is 1.72 bits per heavy atom. The Hall–Kier alpha value is -2.64. The highest BCUT2D eigenvalue weighted by Crippen LogP contribution is 2.29. The number of hydrogen-bond acceptors (Lipinski definition) is 4. The summed E-state index contributed by atoms with van der Waals surface area (Å²) in [7, 11) is 0. The lowest BCUT2D eigenvalue weighted by atomic mass is 10.2. The van der Waals surface area contributed by atoms with E-state index in [1.165, 1.54) is 37.4 Å². The van der Waals surface area contributed by atoms with Crippen LogP contribution >= 0.6 is 0 Å². The van der Waals surface area contributed by atoms with E-state index in [1.807, 2.05) is 0 Å². The van der Waals surface area contributed by atoms with E-state index < -0.39 is 17.6 Å². The second kappa shape index (κ2) is 7.08. The first-order valence-electron chi connectivity index (χ1n) is 7.99. The van der Waals surface area contributed by atoms with Crippen LogP contribution in [0.15, 0.2) is 36.7 Å².